The number of hydrogen-bond acceptors (Lipinski definition) is 4. The standard InChI is InChI=1S/C29H26Cl2N2O3/c1-18-6-12-24(23(31)16-18)33-15-14-32(17-25(33)20-7-10-21(30)11-8-20)29(36)28(35)27-22-5-3-2-4-19(22)9-13-26(27)34/h2-13,16,25,28,34-35H,14-15,17H2,1H3. The van der Waals surface area contributed by atoms with Crippen molar-refractivity contribution in [2.45, 2.75) is 19.1 Å². The average molecular weight is 521 g/mol. The van der Waals surface area contributed by atoms with Crippen molar-refractivity contribution in [1.29, 1.82) is 0 Å². The maximum atomic E-state index is 13.6. The van der Waals surface area contributed by atoms with E-state index < -0.39 is 12.0 Å². The molecule has 7 heteroatoms. The van der Waals surface area contributed by atoms with Gasteiger partial charge in [0.15, 0.2) is 6.10 Å². The Bertz CT molecular complexity index is 1420. The number of fused-ring (bicyclic) bond motifs is 1. The van der Waals surface area contributed by atoms with Gasteiger partial charge in [0.2, 0.25) is 0 Å². The molecule has 2 atom stereocenters. The summed E-state index contributed by atoms with van der Waals surface area (Å²) in [5.41, 5.74) is 3.17. The number of phenolic OH excluding ortho intramolecular Hbond substituents is 1. The number of aromatic hydroxyl groups is 1. The van der Waals surface area contributed by atoms with E-state index in [2.05, 4.69) is 4.90 Å². The van der Waals surface area contributed by atoms with E-state index in [0.717, 1.165) is 22.2 Å². The number of piperazine rings is 1. The van der Waals surface area contributed by atoms with E-state index in [1.165, 1.54) is 6.07 Å². The van der Waals surface area contributed by atoms with Crippen LogP contribution in [0.3, 0.4) is 0 Å². The Morgan fingerprint density at radius 1 is 0.972 bits per heavy atom. The fourth-order valence-electron chi connectivity index (χ4n) is 4.95. The third kappa shape index (κ3) is 4.62. The predicted molar refractivity (Wildman–Crippen MR) is 145 cm³/mol. The molecule has 1 fully saturated rings. The molecule has 184 valence electrons. The molecule has 1 heterocycles. The first kappa shape index (κ1) is 24.4. The van der Waals surface area contributed by atoms with Gasteiger partial charge in [-0.2, -0.15) is 0 Å². The number of carbonyl (C=O) groups excluding carboxylic acids is 1. The molecule has 0 radical (unpaired) electrons. The lowest BCUT2D eigenvalue weighted by atomic mass is 9.97. The van der Waals surface area contributed by atoms with Crippen LogP contribution in [0.5, 0.6) is 5.75 Å². The average Bonchev–Trinajstić information content (AvgIpc) is 2.88. The van der Waals surface area contributed by atoms with Crippen LogP contribution < -0.4 is 4.90 Å². The molecule has 0 bridgehead atoms. The SMILES string of the molecule is Cc1ccc(N2CCN(C(=O)C(O)c3c(O)ccc4ccccc34)CC2c2ccc(Cl)cc2)c(Cl)c1. The van der Waals surface area contributed by atoms with Gasteiger partial charge in [0.1, 0.15) is 5.75 Å². The van der Waals surface area contributed by atoms with Crippen molar-refractivity contribution in [3.05, 3.63) is 106 Å². The zero-order valence-corrected chi connectivity index (χ0v) is 21.2. The van der Waals surface area contributed by atoms with Gasteiger partial charge in [-0.25, -0.2) is 0 Å². The summed E-state index contributed by atoms with van der Waals surface area (Å²) in [7, 11) is 0. The quantitative estimate of drug-likeness (QED) is 0.332. The minimum Gasteiger partial charge on any atom is -0.508 e. The lowest BCUT2D eigenvalue weighted by Crippen LogP contribution is -2.51. The number of benzene rings is 4. The Kier molecular flexibility index (Phi) is 6.80. The molecule has 2 N–H and O–H groups in total. The number of aryl methyl sites for hydroxylation is 1. The Morgan fingerprint density at radius 3 is 2.47 bits per heavy atom. The minimum absolute atomic E-state index is 0.103. The molecule has 36 heavy (non-hydrogen) atoms. The largest absolute Gasteiger partial charge is 0.508 e. The molecule has 0 aliphatic carbocycles. The van der Waals surface area contributed by atoms with Crippen molar-refractivity contribution in [1.82, 2.24) is 4.90 Å². The second-order valence-electron chi connectivity index (χ2n) is 9.12. The van der Waals surface area contributed by atoms with Crippen molar-refractivity contribution in [3.8, 4) is 5.75 Å². The van der Waals surface area contributed by atoms with E-state index >= 15 is 0 Å². The summed E-state index contributed by atoms with van der Waals surface area (Å²) in [6.07, 6.45) is -1.49. The Labute approximate surface area is 220 Å². The lowest BCUT2D eigenvalue weighted by molar-refractivity contribution is -0.141. The molecule has 2 unspecified atom stereocenters. The summed E-state index contributed by atoms with van der Waals surface area (Å²) in [5, 5.41) is 24.5. The number of carbonyl (C=O) groups is 1. The summed E-state index contributed by atoms with van der Waals surface area (Å²) >= 11 is 12.8. The van der Waals surface area contributed by atoms with E-state index in [0.29, 0.717) is 35.1 Å². The molecule has 1 aliphatic rings. The van der Waals surface area contributed by atoms with Crippen LogP contribution in [0, 0.1) is 6.92 Å². The maximum Gasteiger partial charge on any atom is 0.256 e. The Morgan fingerprint density at radius 2 is 1.72 bits per heavy atom. The first-order chi connectivity index (χ1) is 17.3. The Balaban J connectivity index is 1.48. The normalized spacial score (nSPS) is 16.8. The summed E-state index contributed by atoms with van der Waals surface area (Å²) in [6.45, 7) is 3.26. The van der Waals surface area contributed by atoms with Crippen LogP contribution in [-0.4, -0.2) is 40.7 Å². The number of aliphatic hydroxyl groups is 1. The van der Waals surface area contributed by atoms with E-state index in [1.807, 2.05) is 67.6 Å². The highest BCUT2D eigenvalue weighted by molar-refractivity contribution is 6.33. The first-order valence-corrected chi connectivity index (χ1v) is 12.5. The van der Waals surface area contributed by atoms with Crippen LogP contribution in [0.15, 0.2) is 78.9 Å². The van der Waals surface area contributed by atoms with Crippen molar-refractivity contribution in [3.63, 3.8) is 0 Å². The van der Waals surface area contributed by atoms with Gasteiger partial charge in [0.05, 0.1) is 16.8 Å². The van der Waals surface area contributed by atoms with E-state index in [4.69, 9.17) is 23.2 Å². The number of hydrogen-bond donors (Lipinski definition) is 2. The molecule has 5 rings (SSSR count). The number of rotatable bonds is 4. The molecule has 1 saturated heterocycles. The molecule has 1 aliphatic heterocycles. The highest BCUT2D eigenvalue weighted by Gasteiger charge is 2.35. The molecular formula is C29H26Cl2N2O3. The molecule has 0 spiro atoms. The summed E-state index contributed by atoms with van der Waals surface area (Å²) in [5.74, 6) is -0.552. The van der Waals surface area contributed by atoms with Gasteiger partial charge in [-0.3, -0.25) is 4.79 Å². The van der Waals surface area contributed by atoms with Crippen LogP contribution in [0.2, 0.25) is 10.0 Å². The molecule has 1 amide bonds. The highest BCUT2D eigenvalue weighted by Crippen LogP contribution is 2.38. The second-order valence-corrected chi connectivity index (χ2v) is 9.97. The van der Waals surface area contributed by atoms with Gasteiger partial charge in [-0.05, 0) is 59.2 Å². The van der Waals surface area contributed by atoms with Crippen LogP contribution in [0.4, 0.5) is 5.69 Å². The van der Waals surface area contributed by atoms with Crippen LogP contribution in [0.25, 0.3) is 10.8 Å². The number of aliphatic hydroxyl groups excluding tert-OH is 1. The fourth-order valence-corrected chi connectivity index (χ4v) is 5.42. The van der Waals surface area contributed by atoms with Crippen LogP contribution in [-0.2, 0) is 4.79 Å². The smallest absolute Gasteiger partial charge is 0.256 e. The number of phenols is 1. The summed E-state index contributed by atoms with van der Waals surface area (Å²) in [4.78, 5) is 17.4. The molecular weight excluding hydrogens is 495 g/mol. The summed E-state index contributed by atoms with van der Waals surface area (Å²) < 4.78 is 0. The molecule has 4 aromatic carbocycles. The number of halogens is 2. The van der Waals surface area contributed by atoms with Crippen molar-refractivity contribution >= 4 is 45.6 Å². The topological polar surface area (TPSA) is 64.0 Å². The molecule has 5 nitrogen and oxygen atoms in total. The molecule has 0 aromatic heterocycles. The lowest BCUT2D eigenvalue weighted by Gasteiger charge is -2.44. The third-order valence-corrected chi connectivity index (χ3v) is 7.37. The van der Waals surface area contributed by atoms with Gasteiger partial charge < -0.3 is 20.0 Å². The number of anilines is 1. The van der Waals surface area contributed by atoms with Crippen molar-refractivity contribution in [2.24, 2.45) is 0 Å². The van der Waals surface area contributed by atoms with Crippen molar-refractivity contribution < 1.29 is 15.0 Å². The van der Waals surface area contributed by atoms with E-state index in [1.54, 1.807) is 17.0 Å². The van der Waals surface area contributed by atoms with E-state index in [9.17, 15) is 15.0 Å². The van der Waals surface area contributed by atoms with Gasteiger partial charge >= 0.3 is 0 Å². The maximum absolute atomic E-state index is 13.6. The Hall–Kier alpha value is -3.25. The van der Waals surface area contributed by atoms with Gasteiger partial charge in [0.25, 0.3) is 5.91 Å². The number of nitrogens with zero attached hydrogens (tertiary/aromatic N) is 2. The van der Waals surface area contributed by atoms with Gasteiger partial charge in [-0.15, -0.1) is 0 Å². The third-order valence-electron chi connectivity index (χ3n) is 6.81. The molecule has 0 saturated carbocycles. The first-order valence-electron chi connectivity index (χ1n) is 11.8. The van der Waals surface area contributed by atoms with Gasteiger partial charge in [0, 0.05) is 30.2 Å². The molecule has 4 aromatic rings. The summed E-state index contributed by atoms with van der Waals surface area (Å²) in [6, 6.07) is 24.0. The monoisotopic (exact) mass is 520 g/mol. The second kappa shape index (κ2) is 10.0. The van der Waals surface area contributed by atoms with Crippen LogP contribution in [0.1, 0.15) is 28.8 Å². The predicted octanol–water partition coefficient (Wildman–Crippen LogP) is 6.28. The zero-order chi connectivity index (χ0) is 25.4. The minimum atomic E-state index is -1.49. The number of amides is 1. The van der Waals surface area contributed by atoms with E-state index in [-0.39, 0.29) is 17.4 Å². The van der Waals surface area contributed by atoms with Crippen LogP contribution >= 0.6 is 23.2 Å². The van der Waals surface area contributed by atoms with Gasteiger partial charge in [-0.1, -0.05) is 71.7 Å². The van der Waals surface area contributed by atoms with Crippen molar-refractivity contribution in [2.75, 3.05) is 24.5 Å². The zero-order valence-electron chi connectivity index (χ0n) is 19.7. The fraction of sp³-hybridized carbons (Fsp3) is 0.207. The highest BCUT2D eigenvalue weighted by atomic mass is 35.5.